The Kier molecular flexibility index (Phi) is 8.57. The lowest BCUT2D eigenvalue weighted by Crippen LogP contribution is -2.42. The fourth-order valence-corrected chi connectivity index (χ4v) is 3.50. The van der Waals surface area contributed by atoms with Crippen molar-refractivity contribution in [3.05, 3.63) is 46.2 Å². The van der Waals surface area contributed by atoms with Crippen LogP contribution in [0.4, 0.5) is 0 Å². The molecule has 0 amide bonds. The second-order valence-corrected chi connectivity index (χ2v) is 7.71. The van der Waals surface area contributed by atoms with Crippen molar-refractivity contribution in [2.45, 2.75) is 0 Å². The molecular weight excluding hydrogens is 424 g/mol. The number of ether oxygens (including phenoxy) is 3. The van der Waals surface area contributed by atoms with E-state index in [-0.39, 0.29) is 0 Å². The number of benzene rings is 1. The Morgan fingerprint density at radius 3 is 2.90 bits per heavy atom. The molecule has 0 bridgehead atoms. The van der Waals surface area contributed by atoms with Crippen LogP contribution in [-0.2, 0) is 4.74 Å². The zero-order chi connectivity index (χ0) is 21.2. The molecule has 0 saturated carbocycles. The van der Waals surface area contributed by atoms with Gasteiger partial charge in [-0.1, -0.05) is 6.07 Å². The van der Waals surface area contributed by atoms with E-state index in [0.717, 1.165) is 45.0 Å². The number of nitrogens with one attached hydrogen (secondary N) is 2. The Bertz CT molecular complexity index is 868. The van der Waals surface area contributed by atoms with Gasteiger partial charge in [0, 0.05) is 26.2 Å². The van der Waals surface area contributed by atoms with Gasteiger partial charge >= 0.3 is 5.97 Å². The van der Waals surface area contributed by atoms with Crippen molar-refractivity contribution in [1.82, 2.24) is 15.6 Å². The molecule has 2 heterocycles. The first kappa shape index (κ1) is 22.2. The molecule has 1 aromatic heterocycles. The lowest BCUT2D eigenvalue weighted by molar-refractivity contribution is 0.0389. The molecule has 1 aliphatic heterocycles. The zero-order valence-corrected chi connectivity index (χ0v) is 18.3. The molecule has 30 heavy (non-hydrogen) atoms. The van der Waals surface area contributed by atoms with Gasteiger partial charge in [0.2, 0.25) is 0 Å². The Hall–Kier alpha value is -2.53. The molecule has 3 rings (SSSR count). The van der Waals surface area contributed by atoms with Gasteiger partial charge in [-0.25, -0.2) is 4.79 Å². The van der Waals surface area contributed by atoms with Crippen molar-refractivity contribution in [1.29, 1.82) is 0 Å². The van der Waals surface area contributed by atoms with Crippen molar-refractivity contribution in [3.8, 4) is 11.5 Å². The van der Waals surface area contributed by atoms with Crippen molar-refractivity contribution < 1.29 is 19.0 Å². The third kappa shape index (κ3) is 6.77. The first-order chi connectivity index (χ1) is 14.7. The maximum Gasteiger partial charge on any atom is 0.353 e. The average Bonchev–Trinajstić information content (AvgIpc) is 3.30. The first-order valence-electron chi connectivity index (χ1n) is 9.46. The standard InChI is InChI=1S/C20H24N4O4S2/c1-26-17-13-15(4-5-16(17)28-19(25)18-3-2-12-30-18)14-22-23-20(29)21-6-7-24-8-10-27-11-9-24/h2-5,12-14H,6-11H2,1H3,(H2,21,23,29)/b22-14-. The lowest BCUT2D eigenvalue weighted by Gasteiger charge is -2.26. The Balaban J connectivity index is 1.46. The van der Waals surface area contributed by atoms with E-state index in [4.69, 9.17) is 26.4 Å². The number of hydrogen-bond donors (Lipinski definition) is 2. The van der Waals surface area contributed by atoms with Crippen LogP contribution in [0.5, 0.6) is 11.5 Å². The summed E-state index contributed by atoms with van der Waals surface area (Å²) >= 11 is 6.55. The van der Waals surface area contributed by atoms with E-state index < -0.39 is 5.97 Å². The maximum atomic E-state index is 12.1. The zero-order valence-electron chi connectivity index (χ0n) is 16.6. The molecule has 10 heteroatoms. The monoisotopic (exact) mass is 448 g/mol. The summed E-state index contributed by atoms with van der Waals surface area (Å²) in [4.78, 5) is 15.0. The molecule has 1 saturated heterocycles. The summed E-state index contributed by atoms with van der Waals surface area (Å²) in [7, 11) is 1.52. The Morgan fingerprint density at radius 1 is 1.33 bits per heavy atom. The van der Waals surface area contributed by atoms with Crippen molar-refractivity contribution in [2.24, 2.45) is 5.10 Å². The Labute approximate surface area is 184 Å². The number of rotatable bonds is 8. The van der Waals surface area contributed by atoms with Gasteiger partial charge in [-0.3, -0.25) is 10.3 Å². The minimum atomic E-state index is -0.417. The van der Waals surface area contributed by atoms with Crippen molar-refractivity contribution >= 4 is 40.9 Å². The van der Waals surface area contributed by atoms with Crippen LogP contribution in [0.25, 0.3) is 0 Å². The number of morpholine rings is 1. The highest BCUT2D eigenvalue weighted by Gasteiger charge is 2.13. The largest absolute Gasteiger partial charge is 0.493 e. The van der Waals surface area contributed by atoms with E-state index in [1.807, 2.05) is 5.38 Å². The quantitative estimate of drug-likeness (QED) is 0.209. The topological polar surface area (TPSA) is 84.4 Å². The second kappa shape index (κ2) is 11.6. The van der Waals surface area contributed by atoms with Gasteiger partial charge in [-0.2, -0.15) is 5.10 Å². The van der Waals surface area contributed by atoms with Crippen LogP contribution < -0.4 is 20.2 Å². The fourth-order valence-electron chi connectivity index (χ4n) is 2.75. The summed E-state index contributed by atoms with van der Waals surface area (Å²) in [6.07, 6.45) is 1.61. The van der Waals surface area contributed by atoms with Crippen LogP contribution in [0.15, 0.2) is 40.8 Å². The Morgan fingerprint density at radius 2 is 2.17 bits per heavy atom. The van der Waals surface area contributed by atoms with E-state index in [9.17, 15) is 4.79 Å². The minimum absolute atomic E-state index is 0.348. The highest BCUT2D eigenvalue weighted by Crippen LogP contribution is 2.28. The number of thiocarbonyl (C=S) groups is 1. The van der Waals surface area contributed by atoms with Gasteiger partial charge in [-0.05, 0) is 47.4 Å². The summed E-state index contributed by atoms with van der Waals surface area (Å²) in [6.45, 7) is 5.09. The molecule has 8 nitrogen and oxygen atoms in total. The van der Waals surface area contributed by atoms with E-state index in [0.29, 0.717) is 21.5 Å². The SMILES string of the molecule is COc1cc(/C=N\NC(=S)NCCN2CCOCC2)ccc1OC(=O)c1cccs1. The summed E-state index contributed by atoms with van der Waals surface area (Å²) in [5, 5.41) is 9.54. The number of hydrogen-bond acceptors (Lipinski definition) is 8. The molecule has 0 unspecified atom stereocenters. The third-order valence-electron chi connectivity index (χ3n) is 4.31. The van der Waals surface area contributed by atoms with Gasteiger partial charge in [0.05, 0.1) is 26.5 Å². The van der Waals surface area contributed by atoms with Gasteiger partial charge in [-0.15, -0.1) is 11.3 Å². The van der Waals surface area contributed by atoms with E-state index in [2.05, 4.69) is 20.7 Å². The highest BCUT2D eigenvalue weighted by atomic mass is 32.1. The van der Waals surface area contributed by atoms with Crippen LogP contribution in [0, 0.1) is 0 Å². The number of carbonyl (C=O) groups excluding carboxylic acids is 1. The smallest absolute Gasteiger partial charge is 0.353 e. The first-order valence-corrected chi connectivity index (χ1v) is 10.8. The lowest BCUT2D eigenvalue weighted by atomic mass is 10.2. The van der Waals surface area contributed by atoms with E-state index in [1.54, 1.807) is 36.5 Å². The van der Waals surface area contributed by atoms with Crippen molar-refractivity contribution in [2.75, 3.05) is 46.5 Å². The fraction of sp³-hybridized carbons (Fsp3) is 0.350. The number of hydrazone groups is 1. The molecule has 0 radical (unpaired) electrons. The number of carbonyl (C=O) groups is 1. The number of nitrogens with zero attached hydrogens (tertiary/aromatic N) is 2. The highest BCUT2D eigenvalue weighted by molar-refractivity contribution is 7.80. The van der Waals surface area contributed by atoms with Crippen LogP contribution in [0.2, 0.25) is 0 Å². The molecule has 160 valence electrons. The van der Waals surface area contributed by atoms with Gasteiger partial charge in [0.1, 0.15) is 4.88 Å². The van der Waals surface area contributed by atoms with Gasteiger partial charge < -0.3 is 19.5 Å². The number of esters is 1. The molecule has 0 atom stereocenters. The number of thiophene rings is 1. The predicted molar refractivity (Wildman–Crippen MR) is 121 cm³/mol. The molecule has 2 N–H and O–H groups in total. The van der Waals surface area contributed by atoms with Crippen molar-refractivity contribution in [3.63, 3.8) is 0 Å². The molecule has 2 aromatic rings. The van der Waals surface area contributed by atoms with Crippen LogP contribution >= 0.6 is 23.6 Å². The summed E-state index contributed by atoms with van der Waals surface area (Å²) in [5.74, 6) is 0.372. The van der Waals surface area contributed by atoms with Crippen LogP contribution in [0.1, 0.15) is 15.2 Å². The maximum absolute atomic E-state index is 12.1. The average molecular weight is 449 g/mol. The summed E-state index contributed by atoms with van der Waals surface area (Å²) in [5.41, 5.74) is 3.56. The molecular formula is C20H24N4O4S2. The predicted octanol–water partition coefficient (Wildman–Crippen LogP) is 2.11. The summed E-state index contributed by atoms with van der Waals surface area (Å²) < 4.78 is 16.1. The molecule has 0 spiro atoms. The van der Waals surface area contributed by atoms with Gasteiger partial charge in [0.25, 0.3) is 0 Å². The normalized spacial score (nSPS) is 14.4. The summed E-state index contributed by atoms with van der Waals surface area (Å²) in [6, 6.07) is 8.69. The van der Waals surface area contributed by atoms with Gasteiger partial charge in [0.15, 0.2) is 16.6 Å². The molecule has 1 aliphatic rings. The molecule has 1 aromatic carbocycles. The third-order valence-corrected chi connectivity index (χ3v) is 5.40. The van der Waals surface area contributed by atoms with Crippen LogP contribution in [0.3, 0.4) is 0 Å². The second-order valence-electron chi connectivity index (χ2n) is 6.36. The van der Waals surface area contributed by atoms with E-state index in [1.165, 1.54) is 18.4 Å². The minimum Gasteiger partial charge on any atom is -0.493 e. The number of methoxy groups -OCH3 is 1. The van der Waals surface area contributed by atoms with Crippen LogP contribution in [-0.4, -0.2) is 68.7 Å². The molecule has 1 fully saturated rings. The van der Waals surface area contributed by atoms with E-state index >= 15 is 0 Å². The molecule has 0 aliphatic carbocycles.